The quantitative estimate of drug-likeness (QED) is 0.552. The summed E-state index contributed by atoms with van der Waals surface area (Å²) in [5, 5.41) is 18.8. The van der Waals surface area contributed by atoms with Crippen LogP contribution in [0.15, 0.2) is 6.07 Å². The van der Waals surface area contributed by atoms with Gasteiger partial charge >= 0.3 is 5.97 Å². The van der Waals surface area contributed by atoms with Gasteiger partial charge in [-0.05, 0) is 11.6 Å². The van der Waals surface area contributed by atoms with Gasteiger partial charge in [0.05, 0.1) is 19.3 Å². The van der Waals surface area contributed by atoms with Gasteiger partial charge in [0.2, 0.25) is 5.28 Å². The molecule has 1 saturated heterocycles. The summed E-state index contributed by atoms with van der Waals surface area (Å²) < 4.78 is 4.55. The fourth-order valence-corrected chi connectivity index (χ4v) is 1.91. The fraction of sp³-hybridized carbons (Fsp3) is 0.500. The molecular weight excluding hydrogens is 262 g/mol. The van der Waals surface area contributed by atoms with Crippen molar-refractivity contribution in [3.05, 3.63) is 17.0 Å². The molecule has 0 amide bonds. The Kier molecular flexibility index (Phi) is 3.65. The number of β-amino-alcohol motifs (C(OH)–C–C–N with tert-alkyl or cyclic N) is 2. The monoisotopic (exact) mass is 273 g/mol. The lowest BCUT2D eigenvalue weighted by atomic mass is 10.3. The Balaban J connectivity index is 2.28. The van der Waals surface area contributed by atoms with E-state index in [-0.39, 0.29) is 24.1 Å². The van der Waals surface area contributed by atoms with Crippen molar-refractivity contribution in [1.82, 2.24) is 9.97 Å². The molecule has 1 fully saturated rings. The SMILES string of the molecule is COC(=O)c1cc(N2CC(O)C(O)C2)nc(Cl)n1. The summed E-state index contributed by atoms with van der Waals surface area (Å²) >= 11 is 5.72. The Labute approximate surface area is 108 Å². The maximum Gasteiger partial charge on any atom is 0.356 e. The fourth-order valence-electron chi connectivity index (χ4n) is 1.73. The van der Waals surface area contributed by atoms with Crippen LogP contribution in [0.5, 0.6) is 0 Å². The highest BCUT2D eigenvalue weighted by molar-refractivity contribution is 6.28. The number of carbonyl (C=O) groups is 1. The number of aliphatic hydroxyl groups is 2. The number of esters is 1. The van der Waals surface area contributed by atoms with E-state index in [4.69, 9.17) is 11.6 Å². The molecule has 1 aromatic heterocycles. The molecule has 2 rings (SSSR count). The van der Waals surface area contributed by atoms with E-state index in [1.54, 1.807) is 4.90 Å². The first-order chi connectivity index (χ1) is 8.51. The maximum atomic E-state index is 11.4. The molecule has 0 aromatic carbocycles. The molecule has 0 aliphatic carbocycles. The number of anilines is 1. The van der Waals surface area contributed by atoms with Crippen LogP contribution in [0.4, 0.5) is 5.82 Å². The second-order valence-electron chi connectivity index (χ2n) is 3.91. The largest absolute Gasteiger partial charge is 0.464 e. The molecular formula is C10H12ClN3O4. The average molecular weight is 274 g/mol. The van der Waals surface area contributed by atoms with Gasteiger partial charge in [-0.15, -0.1) is 0 Å². The van der Waals surface area contributed by atoms with Crippen molar-refractivity contribution in [2.45, 2.75) is 12.2 Å². The van der Waals surface area contributed by atoms with Crippen LogP contribution in [0.3, 0.4) is 0 Å². The molecule has 98 valence electrons. The number of aromatic nitrogens is 2. The van der Waals surface area contributed by atoms with Gasteiger partial charge in [0.25, 0.3) is 0 Å². The number of rotatable bonds is 2. The van der Waals surface area contributed by atoms with Crippen LogP contribution in [-0.4, -0.2) is 58.6 Å². The van der Waals surface area contributed by atoms with E-state index in [0.29, 0.717) is 5.82 Å². The Bertz CT molecular complexity index is 460. The molecule has 2 unspecified atom stereocenters. The third-order valence-corrected chi connectivity index (χ3v) is 2.83. The Hall–Kier alpha value is -1.44. The third-order valence-electron chi connectivity index (χ3n) is 2.66. The predicted molar refractivity (Wildman–Crippen MR) is 62.6 cm³/mol. The number of methoxy groups -OCH3 is 1. The zero-order valence-electron chi connectivity index (χ0n) is 9.58. The smallest absolute Gasteiger partial charge is 0.356 e. The van der Waals surface area contributed by atoms with Crippen molar-refractivity contribution >= 4 is 23.4 Å². The molecule has 8 heteroatoms. The highest BCUT2D eigenvalue weighted by Gasteiger charge is 2.31. The Morgan fingerprint density at radius 2 is 2.06 bits per heavy atom. The minimum absolute atomic E-state index is 0.0309. The first-order valence-corrected chi connectivity index (χ1v) is 5.63. The van der Waals surface area contributed by atoms with Crippen LogP contribution in [0.25, 0.3) is 0 Å². The topological polar surface area (TPSA) is 95.8 Å². The van der Waals surface area contributed by atoms with Gasteiger partial charge < -0.3 is 19.8 Å². The van der Waals surface area contributed by atoms with Crippen molar-refractivity contribution in [2.24, 2.45) is 0 Å². The lowest BCUT2D eigenvalue weighted by molar-refractivity contribution is 0.0572. The van der Waals surface area contributed by atoms with Gasteiger partial charge in [-0.2, -0.15) is 0 Å². The van der Waals surface area contributed by atoms with Crippen molar-refractivity contribution in [1.29, 1.82) is 0 Å². The van der Waals surface area contributed by atoms with Crippen LogP contribution in [0.2, 0.25) is 5.28 Å². The molecule has 18 heavy (non-hydrogen) atoms. The van der Waals surface area contributed by atoms with Crippen LogP contribution in [0, 0.1) is 0 Å². The summed E-state index contributed by atoms with van der Waals surface area (Å²) in [6, 6.07) is 1.41. The Morgan fingerprint density at radius 3 is 2.61 bits per heavy atom. The number of nitrogens with zero attached hydrogens (tertiary/aromatic N) is 3. The first kappa shape index (κ1) is 13.0. The van der Waals surface area contributed by atoms with Crippen LogP contribution < -0.4 is 4.90 Å². The van der Waals surface area contributed by atoms with Gasteiger partial charge in [-0.1, -0.05) is 0 Å². The molecule has 1 aliphatic heterocycles. The minimum atomic E-state index is -0.847. The van der Waals surface area contributed by atoms with Crippen molar-refractivity contribution in [3.63, 3.8) is 0 Å². The van der Waals surface area contributed by atoms with E-state index in [1.807, 2.05) is 0 Å². The lowest BCUT2D eigenvalue weighted by Crippen LogP contribution is -2.23. The molecule has 0 spiro atoms. The summed E-state index contributed by atoms with van der Waals surface area (Å²) in [6.07, 6.45) is -1.69. The van der Waals surface area contributed by atoms with Crippen molar-refractivity contribution in [2.75, 3.05) is 25.1 Å². The normalized spacial score (nSPS) is 23.2. The number of carbonyl (C=O) groups excluding carboxylic acids is 1. The van der Waals surface area contributed by atoms with Gasteiger partial charge in [0, 0.05) is 19.2 Å². The second-order valence-corrected chi connectivity index (χ2v) is 4.25. The van der Waals surface area contributed by atoms with E-state index in [9.17, 15) is 15.0 Å². The van der Waals surface area contributed by atoms with Gasteiger partial charge in [0.15, 0.2) is 5.69 Å². The summed E-state index contributed by atoms with van der Waals surface area (Å²) in [4.78, 5) is 20.7. The molecule has 2 heterocycles. The molecule has 1 aromatic rings. The number of hydrogen-bond donors (Lipinski definition) is 2. The molecule has 1 aliphatic rings. The van der Waals surface area contributed by atoms with Crippen LogP contribution in [0.1, 0.15) is 10.5 Å². The Morgan fingerprint density at radius 1 is 1.44 bits per heavy atom. The summed E-state index contributed by atoms with van der Waals surface area (Å²) in [7, 11) is 1.24. The molecule has 0 radical (unpaired) electrons. The minimum Gasteiger partial charge on any atom is -0.464 e. The molecule has 0 bridgehead atoms. The molecule has 7 nitrogen and oxygen atoms in total. The number of halogens is 1. The standard InChI is InChI=1S/C10H12ClN3O4/c1-18-9(17)5-2-8(13-10(11)12-5)14-3-6(15)7(16)4-14/h2,6-7,15-16H,3-4H2,1H3. The van der Waals surface area contributed by atoms with Crippen molar-refractivity contribution < 1.29 is 19.7 Å². The van der Waals surface area contributed by atoms with E-state index in [1.165, 1.54) is 13.2 Å². The van der Waals surface area contributed by atoms with E-state index in [0.717, 1.165) is 0 Å². The zero-order chi connectivity index (χ0) is 13.3. The summed E-state index contributed by atoms with van der Waals surface area (Å²) in [6.45, 7) is 0.435. The summed E-state index contributed by atoms with van der Waals surface area (Å²) in [5.41, 5.74) is 0.0309. The molecule has 2 atom stereocenters. The highest BCUT2D eigenvalue weighted by Crippen LogP contribution is 2.21. The second kappa shape index (κ2) is 5.05. The van der Waals surface area contributed by atoms with Crippen LogP contribution >= 0.6 is 11.6 Å². The lowest BCUT2D eigenvalue weighted by Gasteiger charge is -2.16. The van der Waals surface area contributed by atoms with E-state index < -0.39 is 18.2 Å². The van der Waals surface area contributed by atoms with E-state index in [2.05, 4.69) is 14.7 Å². The van der Waals surface area contributed by atoms with E-state index >= 15 is 0 Å². The zero-order valence-corrected chi connectivity index (χ0v) is 10.3. The van der Waals surface area contributed by atoms with Gasteiger partial charge in [-0.25, -0.2) is 14.8 Å². The highest BCUT2D eigenvalue weighted by atomic mass is 35.5. The maximum absolute atomic E-state index is 11.4. The summed E-state index contributed by atoms with van der Waals surface area (Å²) in [5.74, 6) is -0.258. The number of ether oxygens (including phenoxy) is 1. The first-order valence-electron chi connectivity index (χ1n) is 5.25. The van der Waals surface area contributed by atoms with Crippen LogP contribution in [-0.2, 0) is 4.74 Å². The molecule has 2 N–H and O–H groups in total. The third kappa shape index (κ3) is 2.53. The van der Waals surface area contributed by atoms with Crippen molar-refractivity contribution in [3.8, 4) is 0 Å². The number of hydrogen-bond acceptors (Lipinski definition) is 7. The molecule has 0 saturated carbocycles. The number of aliphatic hydroxyl groups excluding tert-OH is 2. The average Bonchev–Trinajstić information content (AvgIpc) is 2.68. The predicted octanol–water partition coefficient (Wildman–Crippen LogP) is -0.542. The van der Waals surface area contributed by atoms with Gasteiger partial charge in [-0.3, -0.25) is 0 Å². The van der Waals surface area contributed by atoms with Gasteiger partial charge in [0.1, 0.15) is 5.82 Å².